The average molecular weight is 294 g/mol. The highest BCUT2D eigenvalue weighted by atomic mass is 16.1. The number of carbonyl (C=O) groups excluding carboxylic acids is 1. The molecule has 1 aromatic carbocycles. The molecule has 2 heterocycles. The number of nitrogens with one attached hydrogen (secondary N) is 1. The van der Waals surface area contributed by atoms with E-state index in [1.54, 1.807) is 16.9 Å². The summed E-state index contributed by atoms with van der Waals surface area (Å²) in [5, 5.41) is 7.19. The molecule has 3 rings (SSSR count). The van der Waals surface area contributed by atoms with E-state index in [9.17, 15) is 4.79 Å². The highest BCUT2D eigenvalue weighted by Crippen LogP contribution is 2.05. The van der Waals surface area contributed by atoms with Crippen molar-refractivity contribution >= 4 is 11.6 Å². The van der Waals surface area contributed by atoms with Crippen LogP contribution < -0.4 is 5.32 Å². The Labute approximate surface area is 129 Å². The number of rotatable bonds is 5. The first-order valence-corrected chi connectivity index (χ1v) is 7.36. The summed E-state index contributed by atoms with van der Waals surface area (Å²) in [4.78, 5) is 16.4. The second-order valence-corrected chi connectivity index (χ2v) is 5.28. The molecular weight excluding hydrogens is 276 g/mol. The van der Waals surface area contributed by atoms with Crippen molar-refractivity contribution in [1.82, 2.24) is 19.9 Å². The van der Waals surface area contributed by atoms with Crippen molar-refractivity contribution in [3.8, 4) is 0 Å². The number of fused-ring (bicyclic) bond motifs is 1. The molecule has 112 valence electrons. The minimum absolute atomic E-state index is 0.115. The van der Waals surface area contributed by atoms with Crippen molar-refractivity contribution in [2.45, 2.75) is 19.8 Å². The van der Waals surface area contributed by atoms with Crippen molar-refractivity contribution in [2.24, 2.45) is 0 Å². The van der Waals surface area contributed by atoms with Gasteiger partial charge in [0, 0.05) is 25.0 Å². The standard InChI is InChI=1S/C17H18N4O/c1-13-10-16-19-11-15(12-21(16)20-13)17(22)18-9-5-8-14-6-3-2-4-7-14/h2-4,6-7,10-12H,5,8-9H2,1H3,(H,18,22). The first-order chi connectivity index (χ1) is 10.7. The summed E-state index contributed by atoms with van der Waals surface area (Å²) in [6, 6.07) is 12.1. The Balaban J connectivity index is 1.54. The molecule has 0 aliphatic heterocycles. The molecule has 1 N–H and O–H groups in total. The van der Waals surface area contributed by atoms with Crippen LogP contribution >= 0.6 is 0 Å². The molecule has 2 aromatic heterocycles. The van der Waals surface area contributed by atoms with Gasteiger partial charge in [-0.3, -0.25) is 4.79 Å². The van der Waals surface area contributed by atoms with Crippen LogP contribution in [-0.4, -0.2) is 27.0 Å². The monoisotopic (exact) mass is 294 g/mol. The average Bonchev–Trinajstić information content (AvgIpc) is 2.91. The molecule has 0 saturated carbocycles. The van der Waals surface area contributed by atoms with Crippen LogP contribution in [0.25, 0.3) is 5.65 Å². The van der Waals surface area contributed by atoms with E-state index in [4.69, 9.17) is 0 Å². The van der Waals surface area contributed by atoms with Gasteiger partial charge in [-0.2, -0.15) is 5.10 Å². The van der Waals surface area contributed by atoms with Gasteiger partial charge in [0.15, 0.2) is 5.65 Å². The highest BCUT2D eigenvalue weighted by Gasteiger charge is 2.08. The highest BCUT2D eigenvalue weighted by molar-refractivity contribution is 5.93. The van der Waals surface area contributed by atoms with Crippen molar-refractivity contribution in [3.05, 3.63) is 65.6 Å². The molecule has 0 atom stereocenters. The summed E-state index contributed by atoms with van der Waals surface area (Å²) in [5.41, 5.74) is 3.44. The Hall–Kier alpha value is -2.69. The van der Waals surface area contributed by atoms with Crippen LogP contribution in [0.5, 0.6) is 0 Å². The number of amides is 1. The predicted molar refractivity (Wildman–Crippen MR) is 84.8 cm³/mol. The smallest absolute Gasteiger partial charge is 0.254 e. The van der Waals surface area contributed by atoms with Gasteiger partial charge in [0.25, 0.3) is 5.91 Å². The Morgan fingerprint density at radius 3 is 2.91 bits per heavy atom. The Bertz CT molecular complexity index is 780. The van der Waals surface area contributed by atoms with E-state index in [2.05, 4.69) is 27.5 Å². The minimum atomic E-state index is -0.115. The zero-order valence-electron chi connectivity index (χ0n) is 12.5. The Morgan fingerprint density at radius 1 is 1.27 bits per heavy atom. The number of nitrogens with zero attached hydrogens (tertiary/aromatic N) is 3. The topological polar surface area (TPSA) is 59.3 Å². The molecule has 0 aliphatic rings. The summed E-state index contributed by atoms with van der Waals surface area (Å²) in [6.45, 7) is 2.54. The summed E-state index contributed by atoms with van der Waals surface area (Å²) in [6.07, 6.45) is 5.16. The molecule has 22 heavy (non-hydrogen) atoms. The van der Waals surface area contributed by atoms with Crippen LogP contribution in [0, 0.1) is 6.92 Å². The quantitative estimate of drug-likeness (QED) is 0.735. The number of aryl methyl sites for hydroxylation is 2. The maximum absolute atomic E-state index is 12.1. The van der Waals surface area contributed by atoms with Crippen molar-refractivity contribution in [3.63, 3.8) is 0 Å². The van der Waals surface area contributed by atoms with E-state index >= 15 is 0 Å². The van der Waals surface area contributed by atoms with Crippen LogP contribution in [0.15, 0.2) is 48.8 Å². The second kappa shape index (κ2) is 6.39. The van der Waals surface area contributed by atoms with Gasteiger partial charge in [-0.25, -0.2) is 9.50 Å². The van der Waals surface area contributed by atoms with Gasteiger partial charge < -0.3 is 5.32 Å². The number of hydrogen-bond acceptors (Lipinski definition) is 3. The zero-order chi connectivity index (χ0) is 15.4. The van der Waals surface area contributed by atoms with Gasteiger partial charge in [0.05, 0.1) is 11.3 Å². The lowest BCUT2D eigenvalue weighted by atomic mass is 10.1. The van der Waals surface area contributed by atoms with E-state index in [1.807, 2.05) is 31.2 Å². The van der Waals surface area contributed by atoms with Gasteiger partial charge in [-0.1, -0.05) is 30.3 Å². The fraction of sp³-hybridized carbons (Fsp3) is 0.235. The molecular formula is C17H18N4O. The van der Waals surface area contributed by atoms with E-state index < -0.39 is 0 Å². The SMILES string of the molecule is Cc1cc2ncc(C(=O)NCCCc3ccccc3)cn2n1. The van der Waals surface area contributed by atoms with Crippen LogP contribution in [0.1, 0.15) is 28.0 Å². The van der Waals surface area contributed by atoms with E-state index in [0.29, 0.717) is 12.1 Å². The maximum atomic E-state index is 12.1. The van der Waals surface area contributed by atoms with Gasteiger partial charge in [0.2, 0.25) is 0 Å². The molecule has 5 heteroatoms. The van der Waals surface area contributed by atoms with E-state index in [1.165, 1.54) is 5.56 Å². The van der Waals surface area contributed by atoms with E-state index in [-0.39, 0.29) is 5.91 Å². The van der Waals surface area contributed by atoms with Gasteiger partial charge in [-0.15, -0.1) is 0 Å². The van der Waals surface area contributed by atoms with Crippen LogP contribution in [-0.2, 0) is 6.42 Å². The van der Waals surface area contributed by atoms with Crippen molar-refractivity contribution < 1.29 is 4.79 Å². The molecule has 0 unspecified atom stereocenters. The third-order valence-electron chi connectivity index (χ3n) is 3.47. The summed E-state index contributed by atoms with van der Waals surface area (Å²) >= 11 is 0. The first kappa shape index (κ1) is 14.3. The largest absolute Gasteiger partial charge is 0.352 e. The molecule has 0 spiro atoms. The summed E-state index contributed by atoms with van der Waals surface area (Å²) < 4.78 is 1.63. The normalized spacial score (nSPS) is 10.8. The molecule has 3 aromatic rings. The summed E-state index contributed by atoms with van der Waals surface area (Å²) in [7, 11) is 0. The number of aromatic nitrogens is 3. The molecule has 0 saturated heterocycles. The lowest BCUT2D eigenvalue weighted by Gasteiger charge is -2.05. The van der Waals surface area contributed by atoms with Crippen LogP contribution in [0.3, 0.4) is 0 Å². The zero-order valence-corrected chi connectivity index (χ0v) is 12.5. The number of benzene rings is 1. The molecule has 0 fully saturated rings. The van der Waals surface area contributed by atoms with Crippen molar-refractivity contribution in [2.75, 3.05) is 6.54 Å². The third kappa shape index (κ3) is 3.31. The Morgan fingerprint density at radius 2 is 2.09 bits per heavy atom. The van der Waals surface area contributed by atoms with Gasteiger partial charge in [-0.05, 0) is 25.3 Å². The lowest BCUT2D eigenvalue weighted by molar-refractivity contribution is 0.0952. The van der Waals surface area contributed by atoms with E-state index in [0.717, 1.165) is 24.2 Å². The first-order valence-electron chi connectivity index (χ1n) is 7.36. The number of carbonyl (C=O) groups is 1. The van der Waals surface area contributed by atoms with Crippen molar-refractivity contribution in [1.29, 1.82) is 0 Å². The fourth-order valence-electron chi connectivity index (χ4n) is 2.35. The van der Waals surface area contributed by atoms with Gasteiger partial charge in [0.1, 0.15) is 0 Å². The number of hydrogen-bond donors (Lipinski definition) is 1. The maximum Gasteiger partial charge on any atom is 0.254 e. The molecule has 5 nitrogen and oxygen atoms in total. The minimum Gasteiger partial charge on any atom is -0.352 e. The van der Waals surface area contributed by atoms with Gasteiger partial charge >= 0.3 is 0 Å². The summed E-state index contributed by atoms with van der Waals surface area (Å²) in [5.74, 6) is -0.115. The van der Waals surface area contributed by atoms with Crippen LogP contribution in [0.4, 0.5) is 0 Å². The van der Waals surface area contributed by atoms with Crippen LogP contribution in [0.2, 0.25) is 0 Å². The molecule has 1 amide bonds. The second-order valence-electron chi connectivity index (χ2n) is 5.28. The Kier molecular flexibility index (Phi) is 4.14. The molecule has 0 radical (unpaired) electrons. The fourth-order valence-corrected chi connectivity index (χ4v) is 2.35. The molecule has 0 bridgehead atoms. The molecule has 0 aliphatic carbocycles. The lowest BCUT2D eigenvalue weighted by Crippen LogP contribution is -2.25. The third-order valence-corrected chi connectivity index (χ3v) is 3.47. The predicted octanol–water partition coefficient (Wildman–Crippen LogP) is 2.40.